The highest BCUT2D eigenvalue weighted by Gasteiger charge is 2.11. The van der Waals surface area contributed by atoms with Gasteiger partial charge in [-0.1, -0.05) is 28.9 Å². The molecule has 0 saturated carbocycles. The molecule has 0 radical (unpaired) electrons. The molecule has 0 unspecified atom stereocenters. The number of nitrogens with zero attached hydrogens (tertiary/aromatic N) is 3. The Morgan fingerprint density at radius 3 is 2.32 bits per heavy atom. The van der Waals surface area contributed by atoms with Crippen LogP contribution in [0.3, 0.4) is 0 Å². The third kappa shape index (κ3) is 4.37. The summed E-state index contributed by atoms with van der Waals surface area (Å²) in [7, 11) is 0. The second-order valence-electron chi connectivity index (χ2n) is 6.20. The lowest BCUT2D eigenvalue weighted by atomic mass is 10.1. The number of carbonyl (C=O) groups is 1. The Hall–Kier alpha value is -3.19. The second kappa shape index (κ2) is 8.22. The Labute approximate surface area is 166 Å². The minimum atomic E-state index is -0.647. The van der Waals surface area contributed by atoms with Gasteiger partial charge >= 0.3 is 5.97 Å². The Bertz CT molecular complexity index is 1030. The lowest BCUT2D eigenvalue weighted by Crippen LogP contribution is -2.15. The third-order valence-electron chi connectivity index (χ3n) is 4.18. The van der Waals surface area contributed by atoms with Crippen molar-refractivity contribution in [1.29, 1.82) is 0 Å². The zero-order valence-electron chi connectivity index (χ0n) is 15.3. The van der Waals surface area contributed by atoms with Gasteiger partial charge < -0.3 is 10.6 Å². The minimum absolute atomic E-state index is 0.0219. The lowest BCUT2D eigenvalue weighted by Gasteiger charge is -2.06. The molecule has 2 N–H and O–H groups in total. The molecule has 3 rings (SSSR count). The number of hydrogen-bond acceptors (Lipinski definition) is 4. The van der Waals surface area contributed by atoms with Crippen molar-refractivity contribution in [2.75, 3.05) is 0 Å². The first kappa shape index (κ1) is 19.6. The standard InChI is InChI=1S/C20H18ClFN4O2/c1-12-18(21)13(2)26(24-12)11-14-3-5-16(6-4-14)20(27)28-25-19(23)15-7-9-17(22)10-8-15/h3-10H,11H2,1-2H3,(H2,23,25). The summed E-state index contributed by atoms with van der Waals surface area (Å²) in [6, 6.07) is 12.2. The first-order valence-electron chi connectivity index (χ1n) is 8.44. The first-order valence-corrected chi connectivity index (χ1v) is 8.82. The number of aryl methyl sites for hydroxylation is 1. The average Bonchev–Trinajstić information content (AvgIpc) is 2.93. The van der Waals surface area contributed by atoms with Gasteiger partial charge in [-0.15, -0.1) is 0 Å². The fourth-order valence-corrected chi connectivity index (χ4v) is 2.70. The summed E-state index contributed by atoms with van der Waals surface area (Å²) in [5.74, 6) is -1.06. The molecule has 3 aromatic rings. The number of oxime groups is 1. The van der Waals surface area contributed by atoms with Crippen LogP contribution in [0.2, 0.25) is 5.02 Å². The molecular weight excluding hydrogens is 383 g/mol. The number of hydrogen-bond donors (Lipinski definition) is 1. The van der Waals surface area contributed by atoms with Crippen LogP contribution in [0, 0.1) is 19.7 Å². The van der Waals surface area contributed by atoms with Gasteiger partial charge in [0.1, 0.15) is 5.82 Å². The van der Waals surface area contributed by atoms with Gasteiger partial charge in [0.15, 0.2) is 5.84 Å². The molecule has 0 saturated heterocycles. The van der Waals surface area contributed by atoms with Crippen LogP contribution in [-0.4, -0.2) is 21.6 Å². The highest BCUT2D eigenvalue weighted by atomic mass is 35.5. The smallest absolute Gasteiger partial charge is 0.365 e. The van der Waals surface area contributed by atoms with E-state index in [-0.39, 0.29) is 5.84 Å². The first-order chi connectivity index (χ1) is 13.3. The zero-order chi connectivity index (χ0) is 20.3. The quantitative estimate of drug-likeness (QED) is 0.305. The van der Waals surface area contributed by atoms with Crippen LogP contribution in [0.5, 0.6) is 0 Å². The minimum Gasteiger partial charge on any atom is -0.380 e. The highest BCUT2D eigenvalue weighted by Crippen LogP contribution is 2.20. The normalized spacial score (nSPS) is 11.5. The Morgan fingerprint density at radius 2 is 1.75 bits per heavy atom. The van der Waals surface area contributed by atoms with Crippen molar-refractivity contribution in [2.24, 2.45) is 10.9 Å². The van der Waals surface area contributed by atoms with Crippen molar-refractivity contribution >= 4 is 23.4 Å². The van der Waals surface area contributed by atoms with E-state index in [2.05, 4.69) is 10.3 Å². The molecule has 0 spiro atoms. The summed E-state index contributed by atoms with van der Waals surface area (Å²) in [4.78, 5) is 17.0. The number of rotatable bonds is 5. The largest absolute Gasteiger partial charge is 0.380 e. The molecule has 0 aliphatic carbocycles. The van der Waals surface area contributed by atoms with Crippen LogP contribution in [0.1, 0.15) is 32.9 Å². The molecule has 144 valence electrons. The van der Waals surface area contributed by atoms with Crippen molar-refractivity contribution in [3.8, 4) is 0 Å². The summed E-state index contributed by atoms with van der Waals surface area (Å²) in [5, 5.41) is 8.64. The predicted molar refractivity (Wildman–Crippen MR) is 105 cm³/mol. The van der Waals surface area contributed by atoms with E-state index in [1.807, 2.05) is 13.8 Å². The average molecular weight is 401 g/mol. The number of aromatic nitrogens is 2. The Balaban J connectivity index is 1.65. The molecular formula is C20H18ClFN4O2. The molecule has 0 aliphatic rings. The Morgan fingerprint density at radius 1 is 1.14 bits per heavy atom. The zero-order valence-corrected chi connectivity index (χ0v) is 16.1. The summed E-state index contributed by atoms with van der Waals surface area (Å²) in [6.07, 6.45) is 0. The number of halogens is 2. The molecule has 1 aromatic heterocycles. The van der Waals surface area contributed by atoms with Gasteiger partial charge in [-0.25, -0.2) is 9.18 Å². The van der Waals surface area contributed by atoms with Gasteiger partial charge in [0.2, 0.25) is 0 Å². The van der Waals surface area contributed by atoms with Gasteiger partial charge in [0.25, 0.3) is 0 Å². The van der Waals surface area contributed by atoms with E-state index in [9.17, 15) is 9.18 Å². The fraction of sp³-hybridized carbons (Fsp3) is 0.150. The van der Waals surface area contributed by atoms with Crippen molar-refractivity contribution in [2.45, 2.75) is 20.4 Å². The summed E-state index contributed by atoms with van der Waals surface area (Å²) in [6.45, 7) is 4.28. The van der Waals surface area contributed by atoms with E-state index in [1.165, 1.54) is 24.3 Å². The second-order valence-corrected chi connectivity index (χ2v) is 6.58. The summed E-state index contributed by atoms with van der Waals surface area (Å²) < 4.78 is 14.7. The van der Waals surface area contributed by atoms with Crippen LogP contribution in [-0.2, 0) is 11.4 Å². The molecule has 0 fully saturated rings. The molecule has 8 heteroatoms. The van der Waals surface area contributed by atoms with Crippen molar-refractivity contribution in [3.63, 3.8) is 0 Å². The van der Waals surface area contributed by atoms with E-state index in [1.54, 1.807) is 28.9 Å². The van der Waals surface area contributed by atoms with E-state index in [0.29, 0.717) is 22.7 Å². The fourth-order valence-electron chi connectivity index (χ4n) is 2.56. The summed E-state index contributed by atoms with van der Waals surface area (Å²) >= 11 is 6.16. The van der Waals surface area contributed by atoms with Crippen LogP contribution >= 0.6 is 11.6 Å². The van der Waals surface area contributed by atoms with Crippen molar-refractivity contribution < 1.29 is 14.0 Å². The molecule has 0 aliphatic heterocycles. The van der Waals surface area contributed by atoms with Gasteiger partial charge in [0.05, 0.1) is 28.5 Å². The third-order valence-corrected chi connectivity index (χ3v) is 4.73. The van der Waals surface area contributed by atoms with Gasteiger partial charge in [-0.2, -0.15) is 5.10 Å². The number of amidine groups is 1. The lowest BCUT2D eigenvalue weighted by molar-refractivity contribution is 0.0516. The molecule has 0 atom stereocenters. The number of carbonyl (C=O) groups excluding carboxylic acids is 1. The maximum atomic E-state index is 12.9. The monoisotopic (exact) mass is 400 g/mol. The van der Waals surface area contributed by atoms with Crippen LogP contribution in [0.4, 0.5) is 4.39 Å². The molecule has 0 amide bonds. The van der Waals surface area contributed by atoms with E-state index in [0.717, 1.165) is 17.0 Å². The van der Waals surface area contributed by atoms with E-state index in [4.69, 9.17) is 22.2 Å². The van der Waals surface area contributed by atoms with E-state index < -0.39 is 11.8 Å². The highest BCUT2D eigenvalue weighted by molar-refractivity contribution is 6.31. The van der Waals surface area contributed by atoms with Crippen LogP contribution < -0.4 is 5.73 Å². The topological polar surface area (TPSA) is 82.5 Å². The van der Waals surface area contributed by atoms with Gasteiger partial charge in [-0.05, 0) is 55.8 Å². The van der Waals surface area contributed by atoms with Gasteiger partial charge in [0, 0.05) is 5.56 Å². The van der Waals surface area contributed by atoms with E-state index >= 15 is 0 Å². The number of nitrogens with two attached hydrogens (primary N) is 1. The molecule has 2 aromatic carbocycles. The van der Waals surface area contributed by atoms with Crippen molar-refractivity contribution in [1.82, 2.24) is 9.78 Å². The Kier molecular flexibility index (Phi) is 5.75. The number of benzene rings is 2. The molecule has 6 nitrogen and oxygen atoms in total. The van der Waals surface area contributed by atoms with Crippen LogP contribution in [0.25, 0.3) is 0 Å². The summed E-state index contributed by atoms with van der Waals surface area (Å²) in [5.41, 5.74) is 9.13. The molecule has 0 bridgehead atoms. The SMILES string of the molecule is Cc1nn(Cc2ccc(C(=O)O/N=C(\N)c3ccc(F)cc3)cc2)c(C)c1Cl. The molecule has 28 heavy (non-hydrogen) atoms. The predicted octanol–water partition coefficient (Wildman–Crippen LogP) is 3.82. The van der Waals surface area contributed by atoms with Crippen LogP contribution in [0.15, 0.2) is 53.7 Å². The molecule has 1 heterocycles. The maximum Gasteiger partial charge on any atom is 0.365 e. The van der Waals surface area contributed by atoms with Gasteiger partial charge in [-0.3, -0.25) is 4.68 Å². The maximum absolute atomic E-state index is 12.9. The van der Waals surface area contributed by atoms with Crippen molar-refractivity contribution in [3.05, 3.63) is 87.4 Å².